The fraction of sp³-hybridized carbons (Fsp3) is 0.188. The molecule has 0 saturated carbocycles. The van der Waals surface area contributed by atoms with Crippen LogP contribution in [0.3, 0.4) is 0 Å². The molecule has 0 bridgehead atoms. The molecule has 0 radical (unpaired) electrons. The van der Waals surface area contributed by atoms with E-state index in [2.05, 4.69) is 26.6 Å². The molecule has 0 atom stereocenters. The second-order valence-corrected chi connectivity index (χ2v) is 5.94. The zero-order valence-electron chi connectivity index (χ0n) is 11.5. The molecule has 2 N–H and O–H groups in total. The van der Waals surface area contributed by atoms with Crippen molar-refractivity contribution in [3.8, 4) is 0 Å². The number of fused-ring (bicyclic) bond motifs is 1. The Bertz CT molecular complexity index is 730. The normalized spacial score (nSPS) is 12.7. The first-order valence-corrected chi connectivity index (χ1v) is 7.47. The Kier molecular flexibility index (Phi) is 3.68. The minimum Gasteiger partial charge on any atom is -0.384 e. The summed E-state index contributed by atoms with van der Waals surface area (Å²) in [5.74, 6) is -0.622. The van der Waals surface area contributed by atoms with Crippen LogP contribution in [0.4, 0.5) is 15.8 Å². The maximum atomic E-state index is 13.6. The average molecular weight is 349 g/mol. The van der Waals surface area contributed by atoms with Gasteiger partial charge in [0.25, 0.3) is 5.91 Å². The van der Waals surface area contributed by atoms with Gasteiger partial charge in [0.2, 0.25) is 0 Å². The van der Waals surface area contributed by atoms with Crippen LogP contribution >= 0.6 is 15.9 Å². The summed E-state index contributed by atoms with van der Waals surface area (Å²) >= 11 is 3.13. The van der Waals surface area contributed by atoms with Gasteiger partial charge in [-0.25, -0.2) is 4.39 Å². The lowest BCUT2D eigenvalue weighted by molar-refractivity contribution is 0.102. The van der Waals surface area contributed by atoms with Gasteiger partial charge in [0.05, 0.1) is 4.47 Å². The largest absolute Gasteiger partial charge is 0.384 e. The molecule has 0 aliphatic carbocycles. The quantitative estimate of drug-likeness (QED) is 0.857. The fourth-order valence-electron chi connectivity index (χ4n) is 2.42. The third kappa shape index (κ3) is 2.78. The molecule has 3 nitrogen and oxygen atoms in total. The number of aryl methyl sites for hydroxylation is 1. The molecule has 0 fully saturated rings. The molecule has 1 heterocycles. The number of carbonyl (C=O) groups is 1. The predicted molar refractivity (Wildman–Crippen MR) is 85.4 cm³/mol. The molecule has 21 heavy (non-hydrogen) atoms. The number of benzene rings is 2. The third-order valence-corrected chi connectivity index (χ3v) is 4.20. The van der Waals surface area contributed by atoms with Gasteiger partial charge in [0, 0.05) is 23.5 Å². The van der Waals surface area contributed by atoms with Crippen molar-refractivity contribution in [2.75, 3.05) is 17.2 Å². The Labute approximate surface area is 130 Å². The van der Waals surface area contributed by atoms with Crippen molar-refractivity contribution >= 4 is 33.2 Å². The monoisotopic (exact) mass is 348 g/mol. The molecule has 1 amide bonds. The minimum atomic E-state index is -0.394. The van der Waals surface area contributed by atoms with E-state index >= 15 is 0 Å². The second-order valence-electron chi connectivity index (χ2n) is 5.08. The zero-order chi connectivity index (χ0) is 15.0. The minimum absolute atomic E-state index is 0.227. The lowest BCUT2D eigenvalue weighted by Gasteiger charge is -2.10. The van der Waals surface area contributed by atoms with E-state index in [9.17, 15) is 9.18 Å². The number of anilines is 2. The molecule has 0 unspecified atom stereocenters. The summed E-state index contributed by atoms with van der Waals surface area (Å²) in [6, 6.07) is 8.54. The smallest absolute Gasteiger partial charge is 0.255 e. The van der Waals surface area contributed by atoms with Gasteiger partial charge in [-0.05, 0) is 70.7 Å². The van der Waals surface area contributed by atoms with Crippen molar-refractivity contribution in [1.29, 1.82) is 0 Å². The maximum Gasteiger partial charge on any atom is 0.255 e. The van der Waals surface area contributed by atoms with Crippen molar-refractivity contribution in [1.82, 2.24) is 0 Å². The lowest BCUT2D eigenvalue weighted by Crippen LogP contribution is -2.13. The number of hydrogen-bond acceptors (Lipinski definition) is 2. The Morgan fingerprint density at radius 2 is 2.14 bits per heavy atom. The molecule has 3 rings (SSSR count). The van der Waals surface area contributed by atoms with Gasteiger partial charge in [-0.15, -0.1) is 0 Å². The molecule has 0 aromatic heterocycles. The molecule has 1 aliphatic heterocycles. The highest BCUT2D eigenvalue weighted by atomic mass is 79.9. The van der Waals surface area contributed by atoms with Crippen LogP contribution in [0.25, 0.3) is 0 Å². The predicted octanol–water partition coefficient (Wildman–Crippen LogP) is 4.12. The highest BCUT2D eigenvalue weighted by Crippen LogP contribution is 2.26. The van der Waals surface area contributed by atoms with Crippen LogP contribution in [0.15, 0.2) is 34.8 Å². The van der Waals surface area contributed by atoms with E-state index in [1.807, 2.05) is 19.1 Å². The van der Waals surface area contributed by atoms with E-state index in [0.29, 0.717) is 15.7 Å². The summed E-state index contributed by atoms with van der Waals surface area (Å²) < 4.78 is 14.0. The molecule has 1 aliphatic rings. The van der Waals surface area contributed by atoms with E-state index in [1.165, 1.54) is 6.07 Å². The van der Waals surface area contributed by atoms with Gasteiger partial charge in [-0.2, -0.15) is 0 Å². The molecule has 0 spiro atoms. The van der Waals surface area contributed by atoms with E-state index in [1.54, 1.807) is 12.1 Å². The van der Waals surface area contributed by atoms with Crippen molar-refractivity contribution in [2.45, 2.75) is 13.3 Å². The molecular formula is C16H14BrFN2O. The molecule has 2 aromatic carbocycles. The van der Waals surface area contributed by atoms with Crippen LogP contribution in [0, 0.1) is 12.7 Å². The van der Waals surface area contributed by atoms with Crippen molar-refractivity contribution in [3.63, 3.8) is 0 Å². The van der Waals surface area contributed by atoms with Crippen molar-refractivity contribution in [3.05, 3.63) is 57.3 Å². The van der Waals surface area contributed by atoms with E-state index in [4.69, 9.17) is 0 Å². The molecule has 2 aromatic rings. The number of halogens is 2. The van der Waals surface area contributed by atoms with Gasteiger partial charge < -0.3 is 10.6 Å². The summed E-state index contributed by atoms with van der Waals surface area (Å²) in [5, 5.41) is 6.02. The van der Waals surface area contributed by atoms with E-state index in [-0.39, 0.29) is 5.91 Å². The number of hydrogen-bond donors (Lipinski definition) is 2. The van der Waals surface area contributed by atoms with Crippen LogP contribution in [-0.4, -0.2) is 12.5 Å². The SMILES string of the molecule is Cc1cc(Br)c(F)cc1NC(=O)c1ccc2c(c1)CCN2. The highest BCUT2D eigenvalue weighted by Gasteiger charge is 2.15. The Morgan fingerprint density at radius 1 is 1.33 bits per heavy atom. The zero-order valence-corrected chi connectivity index (χ0v) is 13.1. The number of amides is 1. The number of carbonyl (C=O) groups excluding carboxylic acids is 1. The molecule has 5 heteroatoms. The van der Waals surface area contributed by atoms with Crippen molar-refractivity contribution in [2.24, 2.45) is 0 Å². The van der Waals surface area contributed by atoms with Crippen LogP contribution in [0.1, 0.15) is 21.5 Å². The van der Waals surface area contributed by atoms with Crippen LogP contribution in [0.2, 0.25) is 0 Å². The summed E-state index contributed by atoms with van der Waals surface area (Å²) in [5.41, 5.74) is 4.10. The number of nitrogens with one attached hydrogen (secondary N) is 2. The summed E-state index contributed by atoms with van der Waals surface area (Å²) in [7, 11) is 0. The molecule has 108 valence electrons. The Morgan fingerprint density at radius 3 is 2.95 bits per heavy atom. The van der Waals surface area contributed by atoms with Gasteiger partial charge in [0.15, 0.2) is 0 Å². The number of rotatable bonds is 2. The first kappa shape index (κ1) is 14.1. The third-order valence-electron chi connectivity index (χ3n) is 3.59. The van der Waals surface area contributed by atoms with Crippen LogP contribution < -0.4 is 10.6 Å². The van der Waals surface area contributed by atoms with Gasteiger partial charge in [-0.1, -0.05) is 0 Å². The fourth-order valence-corrected chi connectivity index (χ4v) is 2.88. The topological polar surface area (TPSA) is 41.1 Å². The first-order chi connectivity index (χ1) is 10.0. The molecule has 0 saturated heterocycles. The summed E-state index contributed by atoms with van der Waals surface area (Å²) in [4.78, 5) is 12.3. The van der Waals surface area contributed by atoms with Gasteiger partial charge >= 0.3 is 0 Å². The Balaban J connectivity index is 1.85. The van der Waals surface area contributed by atoms with Gasteiger partial charge in [-0.3, -0.25) is 4.79 Å². The Hall–Kier alpha value is -1.88. The lowest BCUT2D eigenvalue weighted by atomic mass is 10.1. The molecular weight excluding hydrogens is 335 g/mol. The van der Waals surface area contributed by atoms with E-state index < -0.39 is 5.82 Å². The highest BCUT2D eigenvalue weighted by molar-refractivity contribution is 9.10. The average Bonchev–Trinajstić information content (AvgIpc) is 2.92. The summed E-state index contributed by atoms with van der Waals surface area (Å²) in [6.45, 7) is 2.73. The maximum absolute atomic E-state index is 13.6. The van der Waals surface area contributed by atoms with Gasteiger partial charge in [0.1, 0.15) is 5.82 Å². The van der Waals surface area contributed by atoms with Crippen LogP contribution in [0.5, 0.6) is 0 Å². The second kappa shape index (κ2) is 5.48. The van der Waals surface area contributed by atoms with Crippen LogP contribution in [-0.2, 0) is 6.42 Å². The first-order valence-electron chi connectivity index (χ1n) is 6.68. The van der Waals surface area contributed by atoms with E-state index in [0.717, 1.165) is 29.8 Å². The standard InChI is InChI=1S/C16H14BrFN2O/c1-9-6-12(17)13(18)8-15(9)20-16(21)11-2-3-14-10(7-11)4-5-19-14/h2-3,6-8,19H,4-5H2,1H3,(H,20,21). The summed E-state index contributed by atoms with van der Waals surface area (Å²) in [6.07, 6.45) is 0.919. The van der Waals surface area contributed by atoms with Crippen molar-refractivity contribution < 1.29 is 9.18 Å².